The van der Waals surface area contributed by atoms with Gasteiger partial charge in [-0.05, 0) is 43.5 Å². The van der Waals surface area contributed by atoms with Crippen LogP contribution in [0.4, 0.5) is 0 Å². The van der Waals surface area contributed by atoms with Crippen molar-refractivity contribution in [3.63, 3.8) is 0 Å². The van der Waals surface area contributed by atoms with Crippen molar-refractivity contribution < 1.29 is 8.42 Å². The molecule has 0 bridgehead atoms. The molecule has 1 aromatic rings. The van der Waals surface area contributed by atoms with Crippen LogP contribution in [-0.2, 0) is 16.3 Å². The SMILES string of the molecule is CCNCC(CCS(=O)(=O)CC)Cc1ccccc1Br. The molecule has 0 fully saturated rings. The summed E-state index contributed by atoms with van der Waals surface area (Å²) in [5.74, 6) is 0.856. The third kappa shape index (κ3) is 6.37. The van der Waals surface area contributed by atoms with Gasteiger partial charge in [-0.2, -0.15) is 0 Å². The van der Waals surface area contributed by atoms with E-state index in [0.29, 0.717) is 12.3 Å². The van der Waals surface area contributed by atoms with Crippen LogP contribution in [0, 0.1) is 5.92 Å². The highest BCUT2D eigenvalue weighted by molar-refractivity contribution is 9.10. The number of rotatable bonds is 9. The highest BCUT2D eigenvalue weighted by atomic mass is 79.9. The predicted octanol–water partition coefficient (Wildman–Crippen LogP) is 3.04. The van der Waals surface area contributed by atoms with Crippen molar-refractivity contribution in [2.45, 2.75) is 26.7 Å². The Balaban J connectivity index is 2.67. The second-order valence-electron chi connectivity index (χ2n) is 4.99. The van der Waals surface area contributed by atoms with E-state index in [-0.39, 0.29) is 11.5 Å². The largest absolute Gasteiger partial charge is 0.317 e. The van der Waals surface area contributed by atoms with Crippen LogP contribution in [0.5, 0.6) is 0 Å². The molecular formula is C15H24BrNO2S. The Bertz CT molecular complexity index is 502. The minimum atomic E-state index is -2.88. The zero-order chi connectivity index (χ0) is 15.0. The summed E-state index contributed by atoms with van der Waals surface area (Å²) >= 11 is 3.56. The van der Waals surface area contributed by atoms with Crippen LogP contribution in [0.3, 0.4) is 0 Å². The molecule has 1 aromatic carbocycles. The Kier molecular flexibility index (Phi) is 7.77. The zero-order valence-electron chi connectivity index (χ0n) is 12.2. The van der Waals surface area contributed by atoms with E-state index in [1.807, 2.05) is 18.2 Å². The van der Waals surface area contributed by atoms with Crippen LogP contribution in [0.15, 0.2) is 28.7 Å². The van der Waals surface area contributed by atoms with Gasteiger partial charge in [-0.15, -0.1) is 0 Å². The lowest BCUT2D eigenvalue weighted by molar-refractivity contribution is 0.464. The molecule has 0 aliphatic rings. The average Bonchev–Trinajstić information content (AvgIpc) is 2.44. The molecule has 0 amide bonds. The van der Waals surface area contributed by atoms with Gasteiger partial charge in [0.1, 0.15) is 9.84 Å². The Morgan fingerprint density at radius 3 is 2.55 bits per heavy atom. The summed E-state index contributed by atoms with van der Waals surface area (Å²) in [7, 11) is -2.88. The van der Waals surface area contributed by atoms with Crippen molar-refractivity contribution >= 4 is 25.8 Å². The minimum absolute atomic E-state index is 0.232. The van der Waals surface area contributed by atoms with E-state index in [9.17, 15) is 8.42 Å². The molecule has 0 heterocycles. The van der Waals surface area contributed by atoms with Gasteiger partial charge in [-0.25, -0.2) is 8.42 Å². The molecule has 1 unspecified atom stereocenters. The van der Waals surface area contributed by atoms with E-state index in [1.165, 1.54) is 5.56 Å². The lowest BCUT2D eigenvalue weighted by atomic mass is 9.97. The van der Waals surface area contributed by atoms with Crippen molar-refractivity contribution in [1.82, 2.24) is 5.32 Å². The lowest BCUT2D eigenvalue weighted by Crippen LogP contribution is -2.26. The molecule has 0 aliphatic carbocycles. The number of hydrogen-bond acceptors (Lipinski definition) is 3. The summed E-state index contributed by atoms with van der Waals surface area (Å²) in [5, 5.41) is 3.33. The molecule has 0 saturated heterocycles. The summed E-state index contributed by atoms with van der Waals surface area (Å²) < 4.78 is 24.4. The van der Waals surface area contributed by atoms with Crippen molar-refractivity contribution in [2.24, 2.45) is 5.92 Å². The third-order valence-corrected chi connectivity index (χ3v) is 5.94. The van der Waals surface area contributed by atoms with Gasteiger partial charge in [0, 0.05) is 10.2 Å². The summed E-state index contributed by atoms with van der Waals surface area (Å²) in [4.78, 5) is 0. The highest BCUT2D eigenvalue weighted by Gasteiger charge is 2.15. The second-order valence-corrected chi connectivity index (χ2v) is 8.32. The normalized spacial score (nSPS) is 13.3. The number of sulfone groups is 1. The molecule has 3 nitrogen and oxygen atoms in total. The molecule has 0 aliphatic heterocycles. The first-order valence-corrected chi connectivity index (χ1v) is 9.74. The van der Waals surface area contributed by atoms with E-state index < -0.39 is 9.84 Å². The minimum Gasteiger partial charge on any atom is -0.317 e. The molecule has 1 N–H and O–H groups in total. The summed E-state index contributed by atoms with van der Waals surface area (Å²) in [6.07, 6.45) is 1.61. The summed E-state index contributed by atoms with van der Waals surface area (Å²) in [6.45, 7) is 5.55. The zero-order valence-corrected chi connectivity index (χ0v) is 14.6. The highest BCUT2D eigenvalue weighted by Crippen LogP contribution is 2.21. The van der Waals surface area contributed by atoms with E-state index in [2.05, 4.69) is 34.2 Å². The van der Waals surface area contributed by atoms with Crippen LogP contribution in [0.25, 0.3) is 0 Å². The lowest BCUT2D eigenvalue weighted by Gasteiger charge is -2.18. The number of nitrogens with one attached hydrogen (secondary N) is 1. The van der Waals surface area contributed by atoms with E-state index in [0.717, 1.165) is 24.0 Å². The fourth-order valence-corrected chi connectivity index (χ4v) is 3.52. The maximum Gasteiger partial charge on any atom is 0.150 e. The number of benzene rings is 1. The summed E-state index contributed by atoms with van der Waals surface area (Å²) in [6, 6.07) is 8.14. The number of hydrogen-bond donors (Lipinski definition) is 1. The van der Waals surface area contributed by atoms with Gasteiger partial charge >= 0.3 is 0 Å². The van der Waals surface area contributed by atoms with Crippen LogP contribution in [-0.4, -0.2) is 33.0 Å². The van der Waals surface area contributed by atoms with Crippen LogP contribution >= 0.6 is 15.9 Å². The van der Waals surface area contributed by atoms with Gasteiger partial charge in [0.05, 0.1) is 5.75 Å². The Hall–Kier alpha value is -0.390. The molecule has 0 radical (unpaired) electrons. The third-order valence-electron chi connectivity index (χ3n) is 3.43. The molecular weight excluding hydrogens is 338 g/mol. The molecule has 0 saturated carbocycles. The van der Waals surface area contributed by atoms with Crippen molar-refractivity contribution in [2.75, 3.05) is 24.6 Å². The Morgan fingerprint density at radius 1 is 1.25 bits per heavy atom. The van der Waals surface area contributed by atoms with Gasteiger partial charge < -0.3 is 5.32 Å². The first kappa shape index (κ1) is 17.7. The van der Waals surface area contributed by atoms with Gasteiger partial charge in [0.25, 0.3) is 0 Å². The van der Waals surface area contributed by atoms with Gasteiger partial charge in [0.15, 0.2) is 0 Å². The molecule has 20 heavy (non-hydrogen) atoms. The Morgan fingerprint density at radius 2 is 1.95 bits per heavy atom. The summed E-state index contributed by atoms with van der Waals surface area (Å²) in [5.41, 5.74) is 1.24. The van der Waals surface area contributed by atoms with E-state index >= 15 is 0 Å². The first-order chi connectivity index (χ1) is 9.48. The van der Waals surface area contributed by atoms with Crippen molar-refractivity contribution in [1.29, 1.82) is 0 Å². The van der Waals surface area contributed by atoms with Gasteiger partial charge in [-0.1, -0.05) is 48.0 Å². The fourth-order valence-electron chi connectivity index (χ4n) is 2.09. The van der Waals surface area contributed by atoms with Crippen molar-refractivity contribution in [3.05, 3.63) is 34.3 Å². The van der Waals surface area contributed by atoms with Crippen LogP contribution < -0.4 is 5.32 Å². The monoisotopic (exact) mass is 361 g/mol. The standard InChI is InChI=1S/C15H24BrNO2S/c1-3-17-12-13(9-10-20(18,19)4-2)11-14-7-5-6-8-15(14)16/h5-8,13,17H,3-4,9-12H2,1-2H3. The quantitative estimate of drug-likeness (QED) is 0.735. The second kappa shape index (κ2) is 8.80. The maximum atomic E-state index is 11.7. The molecule has 114 valence electrons. The van der Waals surface area contributed by atoms with Gasteiger partial charge in [-0.3, -0.25) is 0 Å². The molecule has 5 heteroatoms. The maximum absolute atomic E-state index is 11.7. The smallest absolute Gasteiger partial charge is 0.150 e. The van der Waals surface area contributed by atoms with Crippen molar-refractivity contribution in [3.8, 4) is 0 Å². The topological polar surface area (TPSA) is 46.2 Å². The van der Waals surface area contributed by atoms with E-state index in [1.54, 1.807) is 6.92 Å². The average molecular weight is 362 g/mol. The molecule has 0 spiro atoms. The first-order valence-electron chi connectivity index (χ1n) is 7.13. The fraction of sp³-hybridized carbons (Fsp3) is 0.600. The molecule has 1 atom stereocenters. The van der Waals surface area contributed by atoms with Crippen LogP contribution in [0.1, 0.15) is 25.8 Å². The Labute approximate surface area is 131 Å². The predicted molar refractivity (Wildman–Crippen MR) is 88.8 cm³/mol. The number of halogens is 1. The molecule has 1 rings (SSSR count). The van der Waals surface area contributed by atoms with Gasteiger partial charge in [0.2, 0.25) is 0 Å². The van der Waals surface area contributed by atoms with Crippen LogP contribution in [0.2, 0.25) is 0 Å². The molecule has 0 aromatic heterocycles. The van der Waals surface area contributed by atoms with E-state index in [4.69, 9.17) is 0 Å².